The molecule has 0 aliphatic carbocycles. The van der Waals surface area contributed by atoms with Crippen LogP contribution in [0.3, 0.4) is 0 Å². The second kappa shape index (κ2) is 7.00. The van der Waals surface area contributed by atoms with Crippen LogP contribution in [0.15, 0.2) is 66.4 Å². The number of hydrogen-bond donors (Lipinski definition) is 1. The summed E-state index contributed by atoms with van der Waals surface area (Å²) in [4.78, 5) is 26.7. The van der Waals surface area contributed by atoms with Crippen molar-refractivity contribution in [1.82, 2.24) is 5.32 Å². The minimum Gasteiger partial charge on any atom is -0.497 e. The number of ether oxygens (including phenoxy) is 1. The first-order valence-electron chi connectivity index (χ1n) is 7.70. The molecule has 5 heteroatoms. The summed E-state index contributed by atoms with van der Waals surface area (Å²) in [6.45, 7) is 1.17. The van der Waals surface area contributed by atoms with Gasteiger partial charge in [0.15, 0.2) is 5.78 Å². The number of benzene rings is 2. The predicted octanol–water partition coefficient (Wildman–Crippen LogP) is 2.40. The largest absolute Gasteiger partial charge is 0.497 e. The molecule has 1 saturated heterocycles. The molecule has 1 aliphatic heterocycles. The normalized spacial score (nSPS) is 16.0. The number of allylic oxidation sites excluding steroid dienone is 1. The number of anilines is 1. The van der Waals surface area contributed by atoms with Crippen molar-refractivity contribution in [2.45, 2.75) is 0 Å². The summed E-state index contributed by atoms with van der Waals surface area (Å²) in [5.74, 6) is 0.263. The van der Waals surface area contributed by atoms with Crippen molar-refractivity contribution in [1.29, 1.82) is 0 Å². The van der Waals surface area contributed by atoms with Crippen LogP contribution >= 0.6 is 0 Å². The fourth-order valence-corrected chi connectivity index (χ4v) is 2.56. The van der Waals surface area contributed by atoms with E-state index in [0.29, 0.717) is 30.1 Å². The molecule has 0 unspecified atom stereocenters. The van der Waals surface area contributed by atoms with Crippen molar-refractivity contribution in [3.63, 3.8) is 0 Å². The molecule has 122 valence electrons. The van der Waals surface area contributed by atoms with Gasteiger partial charge in [-0.1, -0.05) is 18.2 Å². The average Bonchev–Trinajstić information content (AvgIpc) is 2.64. The molecule has 1 aliphatic rings. The summed E-state index contributed by atoms with van der Waals surface area (Å²) in [5, 5.41) is 3.02. The molecular weight excluding hydrogens is 304 g/mol. The van der Waals surface area contributed by atoms with Gasteiger partial charge >= 0.3 is 0 Å². The summed E-state index contributed by atoms with van der Waals surface area (Å²) in [7, 11) is 1.57. The molecule has 0 atom stereocenters. The molecule has 1 amide bonds. The molecule has 0 bridgehead atoms. The Morgan fingerprint density at radius 2 is 1.83 bits per heavy atom. The highest BCUT2D eigenvalue weighted by atomic mass is 16.5. The lowest BCUT2D eigenvalue weighted by Gasteiger charge is -2.29. The zero-order valence-corrected chi connectivity index (χ0v) is 13.4. The van der Waals surface area contributed by atoms with Crippen LogP contribution < -0.4 is 15.0 Å². The molecule has 2 aromatic carbocycles. The zero-order chi connectivity index (χ0) is 16.9. The van der Waals surface area contributed by atoms with Crippen LogP contribution in [-0.2, 0) is 4.79 Å². The van der Waals surface area contributed by atoms with Gasteiger partial charge in [0.05, 0.1) is 7.11 Å². The van der Waals surface area contributed by atoms with Crippen LogP contribution in [-0.4, -0.2) is 31.9 Å². The molecule has 0 spiro atoms. The quantitative estimate of drug-likeness (QED) is 0.694. The number of piperazine rings is 1. The number of rotatable bonds is 4. The molecule has 24 heavy (non-hydrogen) atoms. The van der Waals surface area contributed by atoms with Gasteiger partial charge in [0.2, 0.25) is 0 Å². The summed E-state index contributed by atoms with van der Waals surface area (Å²) in [6.07, 6.45) is 1.36. The molecule has 0 saturated carbocycles. The Balaban J connectivity index is 1.81. The minimum absolute atomic E-state index is 0.200. The van der Waals surface area contributed by atoms with E-state index in [9.17, 15) is 9.59 Å². The van der Waals surface area contributed by atoms with Crippen molar-refractivity contribution < 1.29 is 14.3 Å². The highest BCUT2D eigenvalue weighted by molar-refractivity contribution is 6.13. The van der Waals surface area contributed by atoms with E-state index < -0.39 is 0 Å². The van der Waals surface area contributed by atoms with Crippen LogP contribution in [0.4, 0.5) is 5.69 Å². The fraction of sp³-hybridized carbons (Fsp3) is 0.158. The smallest absolute Gasteiger partial charge is 0.274 e. The van der Waals surface area contributed by atoms with Gasteiger partial charge in [-0.15, -0.1) is 0 Å². The minimum atomic E-state index is -0.219. The molecule has 0 aromatic heterocycles. The van der Waals surface area contributed by atoms with Gasteiger partial charge in [-0.3, -0.25) is 9.59 Å². The van der Waals surface area contributed by atoms with Gasteiger partial charge in [-0.25, -0.2) is 0 Å². The lowest BCUT2D eigenvalue weighted by atomic mass is 10.1. The molecule has 0 radical (unpaired) electrons. The standard InChI is InChI=1S/C19H18N2O3/c1-24-16-9-7-14(8-10-16)18(22)13-17-19(23)21(12-11-20-17)15-5-3-2-4-6-15/h2-10,13,20H,11-12H2,1H3/b17-13+. The second-order valence-electron chi connectivity index (χ2n) is 5.37. The first kappa shape index (κ1) is 15.8. The number of amides is 1. The summed E-state index contributed by atoms with van der Waals surface area (Å²) >= 11 is 0. The second-order valence-corrected chi connectivity index (χ2v) is 5.37. The molecule has 2 aromatic rings. The maximum absolute atomic E-state index is 12.6. The fourth-order valence-electron chi connectivity index (χ4n) is 2.56. The van der Waals surface area contributed by atoms with E-state index in [4.69, 9.17) is 4.74 Å². The molecule has 3 rings (SSSR count). The van der Waals surface area contributed by atoms with Crippen LogP contribution in [0, 0.1) is 0 Å². The molecule has 1 fully saturated rings. The van der Waals surface area contributed by atoms with Gasteiger partial charge in [-0.05, 0) is 36.4 Å². The van der Waals surface area contributed by atoms with Crippen LogP contribution in [0.25, 0.3) is 0 Å². The van der Waals surface area contributed by atoms with Gasteiger partial charge in [0.25, 0.3) is 5.91 Å². The number of para-hydroxylation sites is 1. The van der Waals surface area contributed by atoms with E-state index in [2.05, 4.69) is 5.32 Å². The Bertz CT molecular complexity index is 767. The van der Waals surface area contributed by atoms with Crippen molar-refractivity contribution in [2.24, 2.45) is 0 Å². The zero-order valence-electron chi connectivity index (χ0n) is 13.4. The predicted molar refractivity (Wildman–Crippen MR) is 92.2 cm³/mol. The van der Waals surface area contributed by atoms with E-state index in [1.807, 2.05) is 30.3 Å². The highest BCUT2D eigenvalue weighted by Gasteiger charge is 2.24. The Labute approximate surface area is 140 Å². The van der Waals surface area contributed by atoms with Gasteiger partial charge in [-0.2, -0.15) is 0 Å². The number of carbonyl (C=O) groups excluding carboxylic acids is 2. The van der Waals surface area contributed by atoms with Crippen molar-refractivity contribution in [2.75, 3.05) is 25.1 Å². The molecule has 1 N–H and O–H groups in total. The third kappa shape index (κ3) is 3.30. The summed E-state index contributed by atoms with van der Waals surface area (Å²) in [5.41, 5.74) is 1.65. The van der Waals surface area contributed by atoms with Gasteiger partial charge < -0.3 is 15.0 Å². The van der Waals surface area contributed by atoms with Crippen molar-refractivity contribution in [3.05, 3.63) is 71.9 Å². The Morgan fingerprint density at radius 3 is 2.50 bits per heavy atom. The average molecular weight is 322 g/mol. The SMILES string of the molecule is COc1ccc(C(=O)/C=C2/NCCN(c3ccccc3)C2=O)cc1. The number of ketones is 1. The monoisotopic (exact) mass is 322 g/mol. The Morgan fingerprint density at radius 1 is 1.12 bits per heavy atom. The first-order chi connectivity index (χ1) is 11.7. The molecular formula is C19H18N2O3. The van der Waals surface area contributed by atoms with E-state index in [1.165, 1.54) is 6.08 Å². The van der Waals surface area contributed by atoms with Gasteiger partial charge in [0, 0.05) is 30.4 Å². The van der Waals surface area contributed by atoms with Crippen LogP contribution in [0.5, 0.6) is 5.75 Å². The van der Waals surface area contributed by atoms with Gasteiger partial charge in [0.1, 0.15) is 11.4 Å². The van der Waals surface area contributed by atoms with E-state index in [-0.39, 0.29) is 11.7 Å². The lowest BCUT2D eigenvalue weighted by molar-refractivity contribution is -0.116. The lowest BCUT2D eigenvalue weighted by Crippen LogP contribution is -2.46. The molecule has 5 nitrogen and oxygen atoms in total. The summed E-state index contributed by atoms with van der Waals surface area (Å²) in [6, 6.07) is 16.2. The molecule has 1 heterocycles. The first-order valence-corrected chi connectivity index (χ1v) is 7.70. The Kier molecular flexibility index (Phi) is 4.61. The topological polar surface area (TPSA) is 58.6 Å². The van der Waals surface area contributed by atoms with E-state index in [0.717, 1.165) is 5.69 Å². The maximum Gasteiger partial charge on any atom is 0.274 e. The number of nitrogens with zero attached hydrogens (tertiary/aromatic N) is 1. The number of nitrogens with one attached hydrogen (secondary N) is 1. The van der Waals surface area contributed by atoms with E-state index >= 15 is 0 Å². The van der Waals surface area contributed by atoms with E-state index in [1.54, 1.807) is 36.3 Å². The Hall–Kier alpha value is -3.08. The summed E-state index contributed by atoms with van der Waals surface area (Å²) < 4.78 is 5.08. The number of hydrogen-bond acceptors (Lipinski definition) is 4. The number of carbonyl (C=O) groups is 2. The third-order valence-electron chi connectivity index (χ3n) is 3.84. The maximum atomic E-state index is 12.6. The number of methoxy groups -OCH3 is 1. The van der Waals surface area contributed by atoms with Crippen molar-refractivity contribution >= 4 is 17.4 Å². The van der Waals surface area contributed by atoms with Crippen LogP contribution in [0.2, 0.25) is 0 Å². The van der Waals surface area contributed by atoms with Crippen LogP contribution in [0.1, 0.15) is 10.4 Å². The highest BCUT2D eigenvalue weighted by Crippen LogP contribution is 2.18. The third-order valence-corrected chi connectivity index (χ3v) is 3.84. The van der Waals surface area contributed by atoms with Crippen molar-refractivity contribution in [3.8, 4) is 5.75 Å².